The second-order valence-corrected chi connectivity index (χ2v) is 8.41. The number of carbonyl (C=O) groups is 1. The molecule has 0 fully saturated rings. The number of hydrazone groups is 1. The van der Waals surface area contributed by atoms with Crippen molar-refractivity contribution >= 4 is 44.6 Å². The standard InChI is InChI=1S/C24H19BrN4O/c1-15-8-11-19(12-9-15)29-23(30)24(16(2)28-29)26-21-13-10-18(25)14-20(21)22(27-24)17-6-4-3-5-7-17/h3-14,26H,1-2H3. The van der Waals surface area contributed by atoms with Crippen LogP contribution in [0.5, 0.6) is 0 Å². The van der Waals surface area contributed by atoms with Crippen molar-refractivity contribution in [3.63, 3.8) is 0 Å². The van der Waals surface area contributed by atoms with E-state index in [-0.39, 0.29) is 5.91 Å². The van der Waals surface area contributed by atoms with Gasteiger partial charge in [0.2, 0.25) is 0 Å². The summed E-state index contributed by atoms with van der Waals surface area (Å²) < 4.78 is 0.951. The summed E-state index contributed by atoms with van der Waals surface area (Å²) in [7, 11) is 0. The smallest absolute Gasteiger partial charge is 0.302 e. The van der Waals surface area contributed by atoms with Gasteiger partial charge in [-0.25, -0.2) is 4.99 Å². The van der Waals surface area contributed by atoms with Gasteiger partial charge >= 0.3 is 5.91 Å². The molecule has 0 bridgehead atoms. The Morgan fingerprint density at radius 1 is 0.967 bits per heavy atom. The number of nitrogens with zero attached hydrogens (tertiary/aromatic N) is 3. The summed E-state index contributed by atoms with van der Waals surface area (Å²) in [5, 5.41) is 9.41. The van der Waals surface area contributed by atoms with Crippen LogP contribution in [0.2, 0.25) is 0 Å². The molecule has 5 nitrogen and oxygen atoms in total. The predicted octanol–water partition coefficient (Wildman–Crippen LogP) is 5.14. The minimum absolute atomic E-state index is 0.217. The van der Waals surface area contributed by atoms with Gasteiger partial charge in [-0.2, -0.15) is 10.1 Å². The zero-order valence-electron chi connectivity index (χ0n) is 16.6. The fourth-order valence-electron chi connectivity index (χ4n) is 3.80. The maximum absolute atomic E-state index is 13.7. The number of halogens is 1. The van der Waals surface area contributed by atoms with Gasteiger partial charge in [-0.05, 0) is 44.2 Å². The summed E-state index contributed by atoms with van der Waals surface area (Å²) in [5.41, 5.74) is 4.69. The van der Waals surface area contributed by atoms with E-state index in [1.807, 2.05) is 86.6 Å². The number of anilines is 2. The molecule has 2 aliphatic heterocycles. The van der Waals surface area contributed by atoms with Gasteiger partial charge in [0.1, 0.15) is 0 Å². The second kappa shape index (κ2) is 6.92. The van der Waals surface area contributed by atoms with Crippen LogP contribution in [0.25, 0.3) is 0 Å². The normalized spacial score (nSPS) is 20.0. The Bertz CT molecular complexity index is 1220. The first-order valence-electron chi connectivity index (χ1n) is 9.68. The first-order chi connectivity index (χ1) is 14.5. The molecule has 148 valence electrons. The van der Waals surface area contributed by atoms with Gasteiger partial charge in [-0.1, -0.05) is 64.0 Å². The number of rotatable bonds is 2. The van der Waals surface area contributed by atoms with Gasteiger partial charge in [0.25, 0.3) is 5.66 Å². The molecule has 6 heteroatoms. The van der Waals surface area contributed by atoms with E-state index in [2.05, 4.69) is 26.3 Å². The number of aryl methyl sites for hydroxylation is 1. The van der Waals surface area contributed by atoms with Crippen molar-refractivity contribution in [3.8, 4) is 0 Å². The number of carbonyl (C=O) groups excluding carboxylic acids is 1. The van der Waals surface area contributed by atoms with Crippen LogP contribution in [0.1, 0.15) is 23.6 Å². The molecule has 1 amide bonds. The van der Waals surface area contributed by atoms with E-state index in [1.54, 1.807) is 0 Å². The molecule has 2 aliphatic rings. The van der Waals surface area contributed by atoms with Gasteiger partial charge < -0.3 is 5.32 Å². The maximum atomic E-state index is 13.7. The lowest BCUT2D eigenvalue weighted by molar-refractivity contribution is -0.120. The van der Waals surface area contributed by atoms with Gasteiger partial charge in [0.15, 0.2) is 0 Å². The van der Waals surface area contributed by atoms with E-state index < -0.39 is 5.66 Å². The van der Waals surface area contributed by atoms with E-state index in [9.17, 15) is 4.79 Å². The molecule has 0 radical (unpaired) electrons. The van der Waals surface area contributed by atoms with Gasteiger partial charge in [-0.3, -0.25) is 4.79 Å². The predicted molar refractivity (Wildman–Crippen MR) is 124 cm³/mol. The molecule has 0 aromatic heterocycles. The zero-order chi connectivity index (χ0) is 20.9. The fraction of sp³-hybridized carbons (Fsp3) is 0.125. The summed E-state index contributed by atoms with van der Waals surface area (Å²) in [6.07, 6.45) is 0. The van der Waals surface area contributed by atoms with Crippen molar-refractivity contribution in [1.82, 2.24) is 0 Å². The quantitative estimate of drug-likeness (QED) is 0.577. The number of nitrogens with one attached hydrogen (secondary N) is 1. The number of fused-ring (bicyclic) bond motifs is 1. The van der Waals surface area contributed by atoms with E-state index in [0.717, 1.165) is 38.2 Å². The lowest BCUT2D eigenvalue weighted by atomic mass is 9.93. The van der Waals surface area contributed by atoms with Crippen LogP contribution in [0, 0.1) is 6.92 Å². The van der Waals surface area contributed by atoms with Crippen LogP contribution in [0.15, 0.2) is 87.4 Å². The Kier molecular flexibility index (Phi) is 4.33. The summed E-state index contributed by atoms with van der Waals surface area (Å²) in [5.74, 6) is -0.217. The average molecular weight is 459 g/mol. The molecule has 2 heterocycles. The number of hydrogen-bond acceptors (Lipinski definition) is 4. The number of aliphatic imine (C=N–C) groups is 1. The van der Waals surface area contributed by atoms with Gasteiger partial charge in [0, 0.05) is 21.3 Å². The van der Waals surface area contributed by atoms with Crippen LogP contribution in [-0.4, -0.2) is 23.0 Å². The van der Waals surface area contributed by atoms with E-state index in [4.69, 9.17) is 4.99 Å². The Hall–Kier alpha value is -3.25. The summed E-state index contributed by atoms with van der Waals surface area (Å²) in [6.45, 7) is 3.86. The molecule has 1 atom stereocenters. The van der Waals surface area contributed by atoms with E-state index >= 15 is 0 Å². The first kappa shape index (κ1) is 18.8. The van der Waals surface area contributed by atoms with Gasteiger partial charge in [0.05, 0.1) is 17.1 Å². The topological polar surface area (TPSA) is 57.1 Å². The lowest BCUT2D eigenvalue weighted by Crippen LogP contribution is -2.53. The molecule has 3 aromatic carbocycles. The third-order valence-electron chi connectivity index (χ3n) is 5.43. The molecular weight excluding hydrogens is 440 g/mol. The van der Waals surface area contributed by atoms with E-state index in [0.29, 0.717) is 5.71 Å². The van der Waals surface area contributed by atoms with Crippen LogP contribution < -0.4 is 10.3 Å². The SMILES string of the molecule is CC1=NN(c2ccc(C)cc2)C(=O)C12N=C(c1ccccc1)c1cc(Br)ccc1N2. The molecular formula is C24H19BrN4O. The average Bonchev–Trinajstić information content (AvgIpc) is 2.99. The number of amides is 1. The lowest BCUT2D eigenvalue weighted by Gasteiger charge is -2.33. The maximum Gasteiger partial charge on any atom is 0.302 e. The molecule has 5 rings (SSSR count). The Balaban J connectivity index is 1.67. The third kappa shape index (κ3) is 2.87. The van der Waals surface area contributed by atoms with Crippen molar-refractivity contribution < 1.29 is 4.79 Å². The Morgan fingerprint density at radius 2 is 1.70 bits per heavy atom. The minimum atomic E-state index is -1.27. The molecule has 1 N–H and O–H groups in total. The molecule has 1 unspecified atom stereocenters. The van der Waals surface area contributed by atoms with Crippen molar-refractivity contribution in [2.75, 3.05) is 10.3 Å². The fourth-order valence-corrected chi connectivity index (χ4v) is 4.16. The highest BCUT2D eigenvalue weighted by molar-refractivity contribution is 9.10. The third-order valence-corrected chi connectivity index (χ3v) is 5.93. The first-order valence-corrected chi connectivity index (χ1v) is 10.5. The minimum Gasteiger partial charge on any atom is -0.348 e. The van der Waals surface area contributed by atoms with Crippen LogP contribution in [0.4, 0.5) is 11.4 Å². The second-order valence-electron chi connectivity index (χ2n) is 7.49. The molecule has 3 aromatic rings. The monoisotopic (exact) mass is 458 g/mol. The van der Waals surface area contributed by atoms with Crippen molar-refractivity contribution in [3.05, 3.63) is 94.0 Å². The van der Waals surface area contributed by atoms with Crippen molar-refractivity contribution in [1.29, 1.82) is 0 Å². The van der Waals surface area contributed by atoms with Crippen molar-refractivity contribution in [2.45, 2.75) is 19.5 Å². The zero-order valence-corrected chi connectivity index (χ0v) is 18.1. The summed E-state index contributed by atoms with van der Waals surface area (Å²) in [6, 6.07) is 23.6. The Morgan fingerprint density at radius 3 is 2.43 bits per heavy atom. The van der Waals surface area contributed by atoms with Gasteiger partial charge in [-0.15, -0.1) is 0 Å². The number of hydrogen-bond donors (Lipinski definition) is 1. The molecule has 0 aliphatic carbocycles. The van der Waals surface area contributed by atoms with Crippen LogP contribution in [0.3, 0.4) is 0 Å². The molecule has 0 saturated carbocycles. The molecule has 30 heavy (non-hydrogen) atoms. The molecule has 0 saturated heterocycles. The summed E-state index contributed by atoms with van der Waals surface area (Å²) >= 11 is 3.55. The summed E-state index contributed by atoms with van der Waals surface area (Å²) in [4.78, 5) is 18.6. The van der Waals surface area contributed by atoms with Crippen LogP contribution >= 0.6 is 15.9 Å². The van der Waals surface area contributed by atoms with Crippen LogP contribution in [-0.2, 0) is 4.79 Å². The van der Waals surface area contributed by atoms with Crippen molar-refractivity contribution in [2.24, 2.45) is 10.1 Å². The Labute approximate surface area is 183 Å². The highest BCUT2D eigenvalue weighted by Gasteiger charge is 2.52. The highest BCUT2D eigenvalue weighted by atomic mass is 79.9. The number of benzene rings is 3. The largest absolute Gasteiger partial charge is 0.348 e. The molecule has 1 spiro atoms. The van der Waals surface area contributed by atoms with E-state index in [1.165, 1.54) is 5.01 Å². The highest BCUT2D eigenvalue weighted by Crippen LogP contribution is 2.37.